The van der Waals surface area contributed by atoms with Gasteiger partial charge in [-0.1, -0.05) is 49.0 Å². The van der Waals surface area contributed by atoms with E-state index in [1.807, 2.05) is 6.07 Å². The predicted octanol–water partition coefficient (Wildman–Crippen LogP) is 3.93. The van der Waals surface area contributed by atoms with Gasteiger partial charge in [0.25, 0.3) is 11.7 Å². The Balaban J connectivity index is 1.77. The average molecular weight is 393 g/mol. The molecule has 0 unspecified atom stereocenters. The Bertz CT molecular complexity index is 857. The minimum Gasteiger partial charge on any atom is -0.459 e. The number of halogens is 2. The summed E-state index contributed by atoms with van der Waals surface area (Å²) in [5.74, 6) is -2.35. The van der Waals surface area contributed by atoms with E-state index in [0.717, 1.165) is 5.01 Å². The van der Waals surface area contributed by atoms with E-state index in [2.05, 4.69) is 10.4 Å². The van der Waals surface area contributed by atoms with Crippen LogP contribution < -0.4 is 5.32 Å². The van der Waals surface area contributed by atoms with E-state index in [0.29, 0.717) is 29.5 Å². The second-order valence-corrected chi connectivity index (χ2v) is 6.77. The Kier molecular flexibility index (Phi) is 5.59. The molecular weight excluding hydrogens is 376 g/mol. The highest BCUT2D eigenvalue weighted by Crippen LogP contribution is 2.32. The normalized spacial score (nSPS) is 20.1. The highest BCUT2D eigenvalue weighted by atomic mass is 32.2. The van der Waals surface area contributed by atoms with Gasteiger partial charge in [0.05, 0.1) is 12.0 Å². The van der Waals surface area contributed by atoms with Crippen molar-refractivity contribution in [2.75, 3.05) is 0 Å². The number of nitrogens with zero attached hydrogens (tertiary/aromatic N) is 2. The van der Waals surface area contributed by atoms with Crippen molar-refractivity contribution in [2.24, 2.45) is 5.10 Å². The van der Waals surface area contributed by atoms with Crippen LogP contribution in [0.5, 0.6) is 0 Å². The molecule has 0 radical (unpaired) electrons. The summed E-state index contributed by atoms with van der Waals surface area (Å²) in [4.78, 5) is 25.2. The van der Waals surface area contributed by atoms with E-state index in [9.17, 15) is 18.4 Å². The second-order valence-electron chi connectivity index (χ2n) is 5.79. The van der Waals surface area contributed by atoms with Crippen LogP contribution in [0.25, 0.3) is 0 Å². The fraction of sp³-hybridized carbons (Fsp3) is 0.278. The molecule has 3 amide bonds. The van der Waals surface area contributed by atoms with Crippen LogP contribution in [0.15, 0.2) is 52.0 Å². The largest absolute Gasteiger partial charge is 0.459 e. The van der Waals surface area contributed by atoms with Gasteiger partial charge in [-0.3, -0.25) is 4.79 Å². The maximum Gasteiger partial charge on any atom is 0.346 e. The zero-order valence-corrected chi connectivity index (χ0v) is 15.2. The third-order valence-electron chi connectivity index (χ3n) is 4.20. The van der Waals surface area contributed by atoms with Gasteiger partial charge < -0.3 is 9.73 Å². The maximum atomic E-state index is 12.9. The zero-order chi connectivity index (χ0) is 19.4. The lowest BCUT2D eigenvalue weighted by molar-refractivity contribution is -0.131. The van der Waals surface area contributed by atoms with E-state index < -0.39 is 23.2 Å². The number of hydrogen-bond acceptors (Lipinski definition) is 5. The molecule has 0 bridgehead atoms. The van der Waals surface area contributed by atoms with Crippen molar-refractivity contribution in [1.29, 1.82) is 0 Å². The molecule has 2 aromatic rings. The Labute approximate surface area is 158 Å². The van der Waals surface area contributed by atoms with Crippen molar-refractivity contribution in [2.45, 2.75) is 30.4 Å². The number of urea groups is 1. The lowest BCUT2D eigenvalue weighted by atomic mass is 9.87. The van der Waals surface area contributed by atoms with Crippen LogP contribution >= 0.6 is 11.8 Å². The molecule has 1 saturated heterocycles. The molecule has 0 spiro atoms. The van der Waals surface area contributed by atoms with Crippen LogP contribution in [-0.2, 0) is 16.1 Å². The second kappa shape index (κ2) is 7.91. The number of rotatable bonds is 7. The first-order valence-electron chi connectivity index (χ1n) is 8.21. The molecular formula is C18H17F2N3O3S. The first-order chi connectivity index (χ1) is 13.0. The molecule has 1 aromatic carbocycles. The number of amides is 3. The molecule has 27 heavy (non-hydrogen) atoms. The summed E-state index contributed by atoms with van der Waals surface area (Å²) in [7, 11) is 0. The predicted molar refractivity (Wildman–Crippen MR) is 97.4 cm³/mol. The van der Waals surface area contributed by atoms with Gasteiger partial charge in [0.2, 0.25) is 0 Å². The van der Waals surface area contributed by atoms with Crippen LogP contribution in [0.2, 0.25) is 0 Å². The van der Waals surface area contributed by atoms with E-state index in [-0.39, 0.29) is 11.5 Å². The van der Waals surface area contributed by atoms with Crippen molar-refractivity contribution in [3.8, 4) is 0 Å². The van der Waals surface area contributed by atoms with Gasteiger partial charge in [0.15, 0.2) is 0 Å². The van der Waals surface area contributed by atoms with Crippen LogP contribution in [0, 0.1) is 0 Å². The number of carbonyl (C=O) groups excluding carboxylic acids is 2. The summed E-state index contributed by atoms with van der Waals surface area (Å²) >= 11 is 0.442. The first-order valence-corrected chi connectivity index (χ1v) is 9.26. The summed E-state index contributed by atoms with van der Waals surface area (Å²) < 4.78 is 29.8. The number of imide groups is 1. The standard InChI is InChI=1S/C18H17F2N3O3S/c1-2-18(12-6-4-3-5-7-12)15(24)23(17(25)22-18)21-10-13-8-9-14(26-13)11-27-16(19)20/h3-10,16H,2,11H2,1H3,(H,22,25)/b21-10-/t18-/m1/s1. The van der Waals surface area contributed by atoms with E-state index in [4.69, 9.17) is 4.42 Å². The number of nitrogens with one attached hydrogen (secondary N) is 1. The summed E-state index contributed by atoms with van der Waals surface area (Å²) in [6.45, 7) is 1.80. The summed E-state index contributed by atoms with van der Waals surface area (Å²) in [6.07, 6.45) is 1.58. The van der Waals surface area contributed by atoms with E-state index in [1.165, 1.54) is 12.3 Å². The number of hydrogen-bond donors (Lipinski definition) is 1. The Morgan fingerprint density at radius 1 is 1.26 bits per heavy atom. The van der Waals surface area contributed by atoms with Crippen LogP contribution in [0.3, 0.4) is 0 Å². The van der Waals surface area contributed by atoms with Crippen molar-refractivity contribution >= 4 is 29.9 Å². The molecule has 6 nitrogen and oxygen atoms in total. The van der Waals surface area contributed by atoms with E-state index >= 15 is 0 Å². The summed E-state index contributed by atoms with van der Waals surface area (Å²) in [6, 6.07) is 11.4. The van der Waals surface area contributed by atoms with Gasteiger partial charge in [0.1, 0.15) is 17.1 Å². The lowest BCUT2D eigenvalue weighted by Gasteiger charge is -2.24. The van der Waals surface area contributed by atoms with Crippen molar-refractivity contribution in [3.63, 3.8) is 0 Å². The van der Waals surface area contributed by atoms with Crippen LogP contribution in [0.1, 0.15) is 30.4 Å². The highest BCUT2D eigenvalue weighted by molar-refractivity contribution is 7.98. The van der Waals surface area contributed by atoms with Crippen molar-refractivity contribution < 1.29 is 22.8 Å². The highest BCUT2D eigenvalue weighted by Gasteiger charge is 2.51. The topological polar surface area (TPSA) is 74.9 Å². The summed E-state index contributed by atoms with van der Waals surface area (Å²) in [5.41, 5.74) is -0.495. The molecule has 2 heterocycles. The quantitative estimate of drug-likeness (QED) is 0.571. The van der Waals surface area contributed by atoms with Gasteiger partial charge >= 0.3 is 6.03 Å². The molecule has 1 N–H and O–H groups in total. The fourth-order valence-corrected chi connectivity index (χ4v) is 3.28. The number of furan rings is 1. The Morgan fingerprint density at radius 3 is 2.67 bits per heavy atom. The van der Waals surface area contributed by atoms with Gasteiger partial charge in [-0.25, -0.2) is 4.79 Å². The molecule has 1 aliphatic rings. The molecule has 9 heteroatoms. The minimum absolute atomic E-state index is 0.0155. The number of benzene rings is 1. The van der Waals surface area contributed by atoms with Crippen molar-refractivity contribution in [1.82, 2.24) is 10.3 Å². The average Bonchev–Trinajstić information content (AvgIpc) is 3.22. The third kappa shape index (κ3) is 3.87. The van der Waals surface area contributed by atoms with Gasteiger partial charge in [-0.05, 0) is 24.1 Å². The Morgan fingerprint density at radius 2 is 2.00 bits per heavy atom. The molecule has 1 aliphatic heterocycles. The van der Waals surface area contributed by atoms with Crippen molar-refractivity contribution in [3.05, 3.63) is 59.5 Å². The maximum absolute atomic E-state index is 12.9. The molecule has 1 aromatic heterocycles. The summed E-state index contributed by atoms with van der Waals surface area (Å²) in [5, 5.41) is 7.40. The SMILES string of the molecule is CC[C@]1(c2ccccc2)NC(=O)N(/N=C\c2ccc(CSC(F)F)o2)C1=O. The lowest BCUT2D eigenvalue weighted by Crippen LogP contribution is -2.43. The molecule has 3 rings (SSSR count). The Hall–Kier alpha value is -2.68. The monoisotopic (exact) mass is 393 g/mol. The van der Waals surface area contributed by atoms with Gasteiger partial charge in [-0.15, -0.1) is 5.01 Å². The number of carbonyl (C=O) groups is 2. The first kappa shape index (κ1) is 19.1. The molecule has 0 saturated carbocycles. The number of alkyl halides is 2. The zero-order valence-electron chi connectivity index (χ0n) is 14.4. The number of thioether (sulfide) groups is 1. The number of hydrazone groups is 1. The molecule has 0 aliphatic carbocycles. The van der Waals surface area contributed by atoms with E-state index in [1.54, 1.807) is 37.3 Å². The van der Waals surface area contributed by atoms with Gasteiger partial charge in [-0.2, -0.15) is 13.9 Å². The van der Waals surface area contributed by atoms with Gasteiger partial charge in [0, 0.05) is 0 Å². The molecule has 1 fully saturated rings. The molecule has 1 atom stereocenters. The van der Waals surface area contributed by atoms with Crippen LogP contribution in [-0.4, -0.2) is 28.9 Å². The smallest absolute Gasteiger partial charge is 0.346 e. The molecule has 142 valence electrons. The van der Waals surface area contributed by atoms with Crippen LogP contribution in [0.4, 0.5) is 13.6 Å². The fourth-order valence-electron chi connectivity index (χ4n) is 2.83. The third-order valence-corrected chi connectivity index (χ3v) is 4.90. The minimum atomic E-state index is -2.49.